The highest BCUT2D eigenvalue weighted by Gasteiger charge is 2.64. The van der Waals surface area contributed by atoms with Gasteiger partial charge in [0.05, 0.1) is 0 Å². The van der Waals surface area contributed by atoms with E-state index in [0.717, 1.165) is 19.3 Å². The number of halogens is 2. The minimum absolute atomic E-state index is 0.0748. The highest BCUT2D eigenvalue weighted by atomic mass is 19.3. The molecule has 21 heavy (non-hydrogen) atoms. The lowest BCUT2D eigenvalue weighted by Crippen LogP contribution is -2.58. The van der Waals surface area contributed by atoms with Crippen molar-refractivity contribution in [3.63, 3.8) is 0 Å². The summed E-state index contributed by atoms with van der Waals surface area (Å²) in [7, 11) is 0. The molecule has 4 aliphatic carbocycles. The van der Waals surface area contributed by atoms with E-state index >= 15 is 0 Å². The van der Waals surface area contributed by atoms with Gasteiger partial charge in [0.2, 0.25) is 0 Å². The van der Waals surface area contributed by atoms with E-state index in [-0.39, 0.29) is 17.8 Å². The van der Waals surface area contributed by atoms with Crippen molar-refractivity contribution in [2.24, 2.45) is 34.5 Å². The van der Waals surface area contributed by atoms with Crippen LogP contribution in [0, 0.1) is 34.5 Å². The van der Waals surface area contributed by atoms with Crippen molar-refractivity contribution >= 4 is 0 Å². The maximum atomic E-state index is 14.9. The standard InChI is InChI=1S/C19H30F2/c1-17-9-5-6-14(17)13-12-19(20,21)16-7-3-4-10-18(16,2)15(13)8-11-17/h13-16H,3-12H2,1-2H3/t13-,14-,15-,16-,17-,18+/m0/s1. The molecule has 0 aromatic rings. The molecule has 0 nitrogen and oxygen atoms in total. The lowest BCUT2D eigenvalue weighted by Gasteiger charge is -2.61. The fraction of sp³-hybridized carbons (Fsp3) is 1.00. The molecule has 0 unspecified atom stereocenters. The Hall–Kier alpha value is -0.140. The normalized spacial score (nSPS) is 55.4. The van der Waals surface area contributed by atoms with Gasteiger partial charge in [-0.2, -0.15) is 0 Å². The van der Waals surface area contributed by atoms with Crippen LogP contribution in [0.25, 0.3) is 0 Å². The summed E-state index contributed by atoms with van der Waals surface area (Å²) in [6.45, 7) is 4.63. The van der Waals surface area contributed by atoms with Gasteiger partial charge in [-0.25, -0.2) is 8.78 Å². The number of hydrogen-bond donors (Lipinski definition) is 0. The maximum absolute atomic E-state index is 14.9. The van der Waals surface area contributed by atoms with Crippen molar-refractivity contribution in [1.29, 1.82) is 0 Å². The smallest absolute Gasteiger partial charge is 0.207 e. The first-order valence-electron chi connectivity index (χ1n) is 9.25. The van der Waals surface area contributed by atoms with Gasteiger partial charge in [0.1, 0.15) is 0 Å². The third-order valence-electron chi connectivity index (χ3n) is 8.34. The average molecular weight is 296 g/mol. The summed E-state index contributed by atoms with van der Waals surface area (Å²) >= 11 is 0. The third kappa shape index (κ3) is 1.89. The van der Waals surface area contributed by atoms with Crippen LogP contribution in [0.4, 0.5) is 8.78 Å². The van der Waals surface area contributed by atoms with Crippen molar-refractivity contribution in [1.82, 2.24) is 0 Å². The van der Waals surface area contributed by atoms with Crippen molar-refractivity contribution in [3.05, 3.63) is 0 Å². The molecule has 4 rings (SSSR count). The Kier molecular flexibility index (Phi) is 3.06. The Morgan fingerprint density at radius 2 is 1.62 bits per heavy atom. The van der Waals surface area contributed by atoms with E-state index in [1.54, 1.807) is 0 Å². The molecule has 0 spiro atoms. The zero-order valence-electron chi connectivity index (χ0n) is 13.6. The Bertz CT molecular complexity index is 431. The molecule has 0 N–H and O–H groups in total. The summed E-state index contributed by atoms with van der Waals surface area (Å²) in [5.74, 6) is -1.26. The molecule has 120 valence electrons. The molecule has 0 heterocycles. The average Bonchev–Trinajstić information content (AvgIpc) is 2.80. The van der Waals surface area contributed by atoms with E-state index < -0.39 is 5.92 Å². The highest BCUT2D eigenvalue weighted by Crippen LogP contribution is 2.68. The van der Waals surface area contributed by atoms with E-state index in [2.05, 4.69) is 13.8 Å². The van der Waals surface area contributed by atoms with Crippen LogP contribution in [0.2, 0.25) is 0 Å². The number of alkyl halides is 2. The third-order valence-corrected chi connectivity index (χ3v) is 8.34. The maximum Gasteiger partial charge on any atom is 0.251 e. The summed E-state index contributed by atoms with van der Waals surface area (Å²) in [5, 5.41) is 0. The molecule has 0 radical (unpaired) electrons. The second kappa shape index (κ2) is 4.45. The van der Waals surface area contributed by atoms with Crippen LogP contribution >= 0.6 is 0 Å². The summed E-state index contributed by atoms with van der Waals surface area (Å²) < 4.78 is 29.9. The van der Waals surface area contributed by atoms with Gasteiger partial charge >= 0.3 is 0 Å². The molecule has 0 saturated heterocycles. The van der Waals surface area contributed by atoms with Gasteiger partial charge in [0.15, 0.2) is 0 Å². The Labute approximate surface area is 128 Å². The first-order valence-corrected chi connectivity index (χ1v) is 9.25. The molecule has 0 aromatic carbocycles. The fourth-order valence-electron chi connectivity index (χ4n) is 7.34. The van der Waals surface area contributed by atoms with Gasteiger partial charge < -0.3 is 0 Å². The quantitative estimate of drug-likeness (QED) is 0.510. The second-order valence-corrected chi connectivity index (χ2v) is 9.23. The molecule has 0 aromatic heterocycles. The fourth-order valence-corrected chi connectivity index (χ4v) is 7.34. The van der Waals surface area contributed by atoms with E-state index in [4.69, 9.17) is 0 Å². The molecule has 2 heteroatoms. The Balaban J connectivity index is 1.72. The van der Waals surface area contributed by atoms with Gasteiger partial charge in [-0.05, 0) is 67.1 Å². The molecule has 4 saturated carbocycles. The number of rotatable bonds is 0. The largest absolute Gasteiger partial charge is 0.251 e. The van der Waals surface area contributed by atoms with Gasteiger partial charge in [-0.1, -0.05) is 33.1 Å². The van der Waals surface area contributed by atoms with Crippen molar-refractivity contribution in [2.45, 2.75) is 84.0 Å². The van der Waals surface area contributed by atoms with Gasteiger partial charge in [0, 0.05) is 12.3 Å². The molecule has 6 atom stereocenters. The zero-order valence-corrected chi connectivity index (χ0v) is 13.6. The Morgan fingerprint density at radius 1 is 0.810 bits per heavy atom. The van der Waals surface area contributed by atoms with Crippen LogP contribution < -0.4 is 0 Å². The lowest BCUT2D eigenvalue weighted by molar-refractivity contribution is -0.222. The second-order valence-electron chi connectivity index (χ2n) is 9.23. The van der Waals surface area contributed by atoms with Crippen LogP contribution in [0.1, 0.15) is 78.1 Å². The Morgan fingerprint density at radius 3 is 2.43 bits per heavy atom. The zero-order chi connectivity index (χ0) is 14.9. The highest BCUT2D eigenvalue weighted by molar-refractivity contribution is 5.10. The van der Waals surface area contributed by atoms with E-state index in [1.807, 2.05) is 0 Å². The molecule has 0 aliphatic heterocycles. The summed E-state index contributed by atoms with van der Waals surface area (Å²) in [6, 6.07) is 0. The van der Waals surface area contributed by atoms with Crippen molar-refractivity contribution in [2.75, 3.05) is 0 Å². The van der Waals surface area contributed by atoms with E-state index in [9.17, 15) is 8.78 Å². The van der Waals surface area contributed by atoms with Gasteiger partial charge in [0.25, 0.3) is 5.92 Å². The van der Waals surface area contributed by atoms with Crippen LogP contribution in [0.3, 0.4) is 0 Å². The monoisotopic (exact) mass is 296 g/mol. The van der Waals surface area contributed by atoms with Crippen LogP contribution in [0.5, 0.6) is 0 Å². The van der Waals surface area contributed by atoms with E-state index in [0.29, 0.717) is 23.2 Å². The van der Waals surface area contributed by atoms with Crippen LogP contribution in [0.15, 0.2) is 0 Å². The predicted octanol–water partition coefficient (Wildman–Crippen LogP) is 6.05. The topological polar surface area (TPSA) is 0 Å². The SMILES string of the molecule is C[C@@]12CCC[C@H]1[C@@H]1CC(F)(F)[C@H]3CCCC[C@]3(C)[C@H]1CC2. The molecule has 4 fully saturated rings. The summed E-state index contributed by atoms with van der Waals surface area (Å²) in [5.41, 5.74) is 0.309. The summed E-state index contributed by atoms with van der Waals surface area (Å²) in [4.78, 5) is 0. The molecule has 0 amide bonds. The van der Waals surface area contributed by atoms with E-state index in [1.165, 1.54) is 38.5 Å². The summed E-state index contributed by atoms with van der Waals surface area (Å²) in [6.07, 6.45) is 10.5. The molecule has 4 aliphatic rings. The van der Waals surface area contributed by atoms with Gasteiger partial charge in [-0.15, -0.1) is 0 Å². The molecular weight excluding hydrogens is 266 g/mol. The van der Waals surface area contributed by atoms with Gasteiger partial charge in [-0.3, -0.25) is 0 Å². The number of hydrogen-bond acceptors (Lipinski definition) is 0. The minimum Gasteiger partial charge on any atom is -0.207 e. The molecule has 0 bridgehead atoms. The number of fused-ring (bicyclic) bond motifs is 5. The minimum atomic E-state index is -2.41. The van der Waals surface area contributed by atoms with Crippen LogP contribution in [-0.2, 0) is 0 Å². The first kappa shape index (κ1) is 14.5. The predicted molar refractivity (Wildman–Crippen MR) is 81.3 cm³/mol. The first-order chi connectivity index (χ1) is 9.87. The molecular formula is C19H30F2. The van der Waals surface area contributed by atoms with Crippen molar-refractivity contribution in [3.8, 4) is 0 Å². The van der Waals surface area contributed by atoms with Crippen LogP contribution in [-0.4, -0.2) is 5.92 Å². The lowest BCUT2D eigenvalue weighted by atomic mass is 9.44. The van der Waals surface area contributed by atoms with Crippen molar-refractivity contribution < 1.29 is 8.78 Å².